The number of nitrogens with two attached hydrogens (primary N) is 1. The average Bonchev–Trinajstić information content (AvgIpc) is 2.35. The fourth-order valence-electron chi connectivity index (χ4n) is 1.19. The zero-order chi connectivity index (χ0) is 12.0. The van der Waals surface area contributed by atoms with Crippen molar-refractivity contribution in [2.75, 3.05) is 20.2 Å². The highest BCUT2D eigenvalue weighted by atomic mass is 16.5. The first kappa shape index (κ1) is 12.2. The number of carbonyl (C=O) groups is 2. The molecule has 0 saturated carbocycles. The molecule has 0 aliphatic carbocycles. The third-order valence-electron chi connectivity index (χ3n) is 1.98. The van der Waals surface area contributed by atoms with Crippen LogP contribution in [0.4, 0.5) is 0 Å². The molecule has 0 spiro atoms. The maximum atomic E-state index is 11.5. The molecular weight excluding hydrogens is 208 g/mol. The fraction of sp³-hybridized carbons (Fsp3) is 0.273. The molecule has 3 N–H and O–H groups in total. The van der Waals surface area contributed by atoms with Gasteiger partial charge in [0, 0.05) is 18.7 Å². The van der Waals surface area contributed by atoms with Crippen LogP contribution < -0.4 is 11.1 Å². The summed E-state index contributed by atoms with van der Waals surface area (Å²) in [6.07, 6.45) is 0. The largest absolute Gasteiger partial charge is 0.465 e. The van der Waals surface area contributed by atoms with Crippen molar-refractivity contribution in [3.63, 3.8) is 0 Å². The fourth-order valence-corrected chi connectivity index (χ4v) is 1.19. The van der Waals surface area contributed by atoms with E-state index >= 15 is 0 Å². The summed E-state index contributed by atoms with van der Waals surface area (Å²) in [7, 11) is 1.30. The summed E-state index contributed by atoms with van der Waals surface area (Å²) in [5, 5.41) is 2.62. The number of esters is 1. The van der Waals surface area contributed by atoms with Crippen molar-refractivity contribution in [3.05, 3.63) is 35.4 Å². The van der Waals surface area contributed by atoms with Crippen molar-refractivity contribution < 1.29 is 14.3 Å². The summed E-state index contributed by atoms with van der Waals surface area (Å²) in [6, 6.07) is 6.32. The van der Waals surface area contributed by atoms with Crippen molar-refractivity contribution in [1.29, 1.82) is 0 Å². The van der Waals surface area contributed by atoms with E-state index in [-0.39, 0.29) is 5.91 Å². The second kappa shape index (κ2) is 5.87. The summed E-state index contributed by atoms with van der Waals surface area (Å²) >= 11 is 0. The van der Waals surface area contributed by atoms with E-state index in [2.05, 4.69) is 10.1 Å². The maximum absolute atomic E-state index is 11.5. The van der Waals surface area contributed by atoms with E-state index in [0.29, 0.717) is 24.2 Å². The second-order valence-electron chi connectivity index (χ2n) is 3.12. The highest BCUT2D eigenvalue weighted by Crippen LogP contribution is 2.06. The van der Waals surface area contributed by atoms with E-state index in [1.807, 2.05) is 0 Å². The van der Waals surface area contributed by atoms with E-state index < -0.39 is 5.97 Å². The molecule has 1 aromatic rings. The maximum Gasteiger partial charge on any atom is 0.337 e. The van der Waals surface area contributed by atoms with Gasteiger partial charge in [-0.1, -0.05) is 6.07 Å². The zero-order valence-corrected chi connectivity index (χ0v) is 9.03. The normalized spacial score (nSPS) is 9.62. The highest BCUT2D eigenvalue weighted by Gasteiger charge is 2.09. The van der Waals surface area contributed by atoms with E-state index in [1.54, 1.807) is 18.2 Å². The van der Waals surface area contributed by atoms with Crippen LogP contribution in [0.5, 0.6) is 0 Å². The standard InChI is InChI=1S/C11H14N2O3/c1-16-11(15)9-4-2-3-8(7-9)10(14)13-6-5-12/h2-4,7H,5-6,12H2,1H3,(H,13,14). The third-order valence-corrected chi connectivity index (χ3v) is 1.98. The minimum absolute atomic E-state index is 0.254. The molecule has 0 heterocycles. The smallest absolute Gasteiger partial charge is 0.337 e. The summed E-state index contributed by atoms with van der Waals surface area (Å²) in [5.74, 6) is -0.718. The van der Waals surface area contributed by atoms with Crippen LogP contribution in [0.25, 0.3) is 0 Å². The molecule has 0 saturated heterocycles. The lowest BCUT2D eigenvalue weighted by Gasteiger charge is -2.04. The van der Waals surface area contributed by atoms with Crippen LogP contribution in [0, 0.1) is 0 Å². The molecule has 1 aromatic carbocycles. The first-order valence-electron chi connectivity index (χ1n) is 4.85. The van der Waals surface area contributed by atoms with E-state index in [1.165, 1.54) is 13.2 Å². The Morgan fingerprint density at radius 2 is 2.06 bits per heavy atom. The predicted octanol–water partition coefficient (Wildman–Crippen LogP) is 0.162. The van der Waals surface area contributed by atoms with Crippen molar-refractivity contribution in [1.82, 2.24) is 5.32 Å². The molecule has 0 aliphatic heterocycles. The molecule has 0 aliphatic rings. The van der Waals surface area contributed by atoms with Crippen LogP contribution in [0.1, 0.15) is 20.7 Å². The molecule has 5 nitrogen and oxygen atoms in total. The van der Waals surface area contributed by atoms with Crippen molar-refractivity contribution in [2.24, 2.45) is 5.73 Å². The molecule has 16 heavy (non-hydrogen) atoms. The number of rotatable bonds is 4. The quantitative estimate of drug-likeness (QED) is 0.711. The van der Waals surface area contributed by atoms with Gasteiger partial charge in [0.2, 0.25) is 0 Å². The Hall–Kier alpha value is -1.88. The number of hydrogen-bond acceptors (Lipinski definition) is 4. The van der Waals surface area contributed by atoms with Gasteiger partial charge in [-0.3, -0.25) is 4.79 Å². The molecule has 5 heteroatoms. The SMILES string of the molecule is COC(=O)c1cccc(C(=O)NCCN)c1. The molecule has 0 atom stereocenters. The first-order chi connectivity index (χ1) is 7.69. The highest BCUT2D eigenvalue weighted by molar-refractivity contribution is 5.97. The van der Waals surface area contributed by atoms with Gasteiger partial charge < -0.3 is 15.8 Å². The van der Waals surface area contributed by atoms with Gasteiger partial charge >= 0.3 is 5.97 Å². The van der Waals surface area contributed by atoms with Crippen LogP contribution >= 0.6 is 0 Å². The number of ether oxygens (including phenoxy) is 1. The molecular formula is C11H14N2O3. The molecule has 86 valence electrons. The Labute approximate surface area is 93.6 Å². The Morgan fingerprint density at radius 1 is 1.38 bits per heavy atom. The zero-order valence-electron chi connectivity index (χ0n) is 9.03. The van der Waals surface area contributed by atoms with Crippen LogP contribution in [0.2, 0.25) is 0 Å². The minimum atomic E-state index is -0.464. The monoisotopic (exact) mass is 222 g/mol. The number of benzene rings is 1. The second-order valence-corrected chi connectivity index (χ2v) is 3.12. The third kappa shape index (κ3) is 3.06. The lowest BCUT2D eigenvalue weighted by Crippen LogP contribution is -2.29. The molecule has 1 amide bonds. The molecule has 0 fully saturated rings. The number of nitrogens with one attached hydrogen (secondary N) is 1. The van der Waals surface area contributed by atoms with E-state index in [9.17, 15) is 9.59 Å². The Bertz CT molecular complexity index is 391. The van der Waals surface area contributed by atoms with Gasteiger partial charge in [0.15, 0.2) is 0 Å². The van der Waals surface area contributed by atoms with Crippen molar-refractivity contribution in [3.8, 4) is 0 Å². The van der Waals surface area contributed by atoms with Crippen LogP contribution in [-0.2, 0) is 4.74 Å². The molecule has 0 aromatic heterocycles. The van der Waals surface area contributed by atoms with Crippen LogP contribution in [0.15, 0.2) is 24.3 Å². The predicted molar refractivity (Wildman–Crippen MR) is 59.2 cm³/mol. The van der Waals surface area contributed by atoms with Crippen molar-refractivity contribution >= 4 is 11.9 Å². The van der Waals surface area contributed by atoms with E-state index in [4.69, 9.17) is 5.73 Å². The van der Waals surface area contributed by atoms with Crippen LogP contribution in [0.3, 0.4) is 0 Å². The molecule has 0 unspecified atom stereocenters. The summed E-state index contributed by atoms with van der Waals surface area (Å²) in [6.45, 7) is 0.781. The first-order valence-corrected chi connectivity index (χ1v) is 4.85. The number of hydrogen-bond donors (Lipinski definition) is 2. The Morgan fingerprint density at radius 3 is 2.69 bits per heavy atom. The molecule has 0 bridgehead atoms. The lowest BCUT2D eigenvalue weighted by atomic mass is 10.1. The van der Waals surface area contributed by atoms with Gasteiger partial charge in [0.25, 0.3) is 5.91 Å². The van der Waals surface area contributed by atoms with Gasteiger partial charge in [-0.2, -0.15) is 0 Å². The average molecular weight is 222 g/mol. The summed E-state index contributed by atoms with van der Waals surface area (Å²) < 4.78 is 4.56. The summed E-state index contributed by atoms with van der Waals surface area (Å²) in [4.78, 5) is 22.8. The van der Waals surface area contributed by atoms with Gasteiger partial charge in [-0.25, -0.2) is 4.79 Å². The van der Waals surface area contributed by atoms with Gasteiger partial charge in [0.1, 0.15) is 0 Å². The van der Waals surface area contributed by atoms with Gasteiger partial charge in [-0.15, -0.1) is 0 Å². The number of carbonyl (C=O) groups excluding carboxylic acids is 2. The summed E-state index contributed by atoms with van der Waals surface area (Å²) in [5.41, 5.74) is 6.03. The topological polar surface area (TPSA) is 81.4 Å². The Balaban J connectivity index is 2.81. The lowest BCUT2D eigenvalue weighted by molar-refractivity contribution is 0.0600. The number of methoxy groups -OCH3 is 1. The Kier molecular flexibility index (Phi) is 4.47. The van der Waals surface area contributed by atoms with Gasteiger partial charge in [-0.05, 0) is 18.2 Å². The molecule has 1 rings (SSSR count). The number of amides is 1. The minimum Gasteiger partial charge on any atom is -0.465 e. The van der Waals surface area contributed by atoms with Crippen LogP contribution in [-0.4, -0.2) is 32.1 Å². The van der Waals surface area contributed by atoms with Gasteiger partial charge in [0.05, 0.1) is 12.7 Å². The van der Waals surface area contributed by atoms with E-state index in [0.717, 1.165) is 0 Å². The van der Waals surface area contributed by atoms with Crippen molar-refractivity contribution in [2.45, 2.75) is 0 Å². The molecule has 0 radical (unpaired) electrons.